The molecule has 0 aliphatic carbocycles. The number of hydrogen-bond acceptors (Lipinski definition) is 4. The molecule has 0 radical (unpaired) electrons. The highest BCUT2D eigenvalue weighted by atomic mass is 16.5. The van der Waals surface area contributed by atoms with Crippen LogP contribution in [0.5, 0.6) is 5.75 Å². The number of hydrogen-bond donors (Lipinski definition) is 5. The molecule has 0 amide bonds. The molecular formula is C22H31N5O2. The van der Waals surface area contributed by atoms with Crippen molar-refractivity contribution in [3.05, 3.63) is 36.5 Å². The van der Waals surface area contributed by atoms with Gasteiger partial charge in [0.25, 0.3) is 0 Å². The largest absolute Gasteiger partial charge is 0.494 e. The Kier molecular flexibility index (Phi) is 7.72. The lowest BCUT2D eigenvalue weighted by molar-refractivity contribution is 0.284. The van der Waals surface area contributed by atoms with Crippen LogP contribution in [0.3, 0.4) is 0 Å². The van der Waals surface area contributed by atoms with Gasteiger partial charge in [-0.05, 0) is 56.6 Å². The Balaban J connectivity index is 0.000000258. The van der Waals surface area contributed by atoms with Gasteiger partial charge in [0.1, 0.15) is 11.4 Å². The predicted molar refractivity (Wildman–Crippen MR) is 118 cm³/mol. The second-order valence-electron chi connectivity index (χ2n) is 6.90. The number of rotatable bonds is 9. The fraction of sp³-hybridized carbons (Fsp3) is 0.409. The number of unbranched alkanes of at least 4 members (excludes halogenated alkanes) is 1. The normalized spacial score (nSPS) is 11.0. The van der Waals surface area contributed by atoms with E-state index in [9.17, 15) is 0 Å². The molecule has 4 aromatic rings. The van der Waals surface area contributed by atoms with Crippen LogP contribution >= 0.6 is 0 Å². The van der Waals surface area contributed by atoms with Crippen LogP contribution in [-0.4, -0.2) is 51.6 Å². The number of aromatic amines is 3. The summed E-state index contributed by atoms with van der Waals surface area (Å²) < 4.78 is 5.67. The van der Waals surface area contributed by atoms with Crippen molar-refractivity contribution in [2.45, 2.75) is 33.1 Å². The number of benzene rings is 1. The maximum Gasteiger partial charge on any atom is 0.132 e. The SMILES string of the molecule is CCCOc1ccc2cc(-c3n[nH]c4cc[nH]c34)[nH]c2c1.CCNCCCCO. The van der Waals surface area contributed by atoms with Crippen LogP contribution < -0.4 is 10.1 Å². The van der Waals surface area contributed by atoms with Crippen molar-refractivity contribution in [1.82, 2.24) is 25.5 Å². The van der Waals surface area contributed by atoms with E-state index in [1.807, 2.05) is 24.4 Å². The summed E-state index contributed by atoms with van der Waals surface area (Å²) in [5.41, 5.74) is 4.98. The van der Waals surface area contributed by atoms with Crippen molar-refractivity contribution < 1.29 is 9.84 Å². The average molecular weight is 398 g/mol. The van der Waals surface area contributed by atoms with E-state index in [4.69, 9.17) is 9.84 Å². The molecule has 0 bridgehead atoms. The lowest BCUT2D eigenvalue weighted by atomic mass is 10.2. The highest BCUT2D eigenvalue weighted by molar-refractivity contribution is 5.94. The van der Waals surface area contributed by atoms with Gasteiger partial charge in [-0.25, -0.2) is 0 Å². The minimum atomic E-state index is 0.325. The average Bonchev–Trinajstić information content (AvgIpc) is 3.45. The summed E-state index contributed by atoms with van der Waals surface area (Å²) in [6.07, 6.45) is 4.93. The fourth-order valence-electron chi connectivity index (χ4n) is 3.11. The van der Waals surface area contributed by atoms with Crippen molar-refractivity contribution in [2.24, 2.45) is 0 Å². The quantitative estimate of drug-likeness (QED) is 0.273. The van der Waals surface area contributed by atoms with E-state index in [1.165, 1.54) is 0 Å². The number of aromatic nitrogens is 4. The molecule has 0 unspecified atom stereocenters. The van der Waals surface area contributed by atoms with Gasteiger partial charge in [0, 0.05) is 29.8 Å². The summed E-state index contributed by atoms with van der Waals surface area (Å²) >= 11 is 0. The summed E-state index contributed by atoms with van der Waals surface area (Å²) in [6, 6.07) is 10.2. The Morgan fingerprint density at radius 1 is 1.10 bits per heavy atom. The summed E-state index contributed by atoms with van der Waals surface area (Å²) in [5.74, 6) is 0.893. The number of aliphatic hydroxyl groups is 1. The molecule has 0 saturated heterocycles. The second-order valence-corrected chi connectivity index (χ2v) is 6.90. The molecule has 7 nitrogen and oxygen atoms in total. The van der Waals surface area contributed by atoms with Crippen LogP contribution in [0.15, 0.2) is 36.5 Å². The Morgan fingerprint density at radius 3 is 2.79 bits per heavy atom. The molecule has 3 aromatic heterocycles. The van der Waals surface area contributed by atoms with Gasteiger partial charge in [-0.1, -0.05) is 13.8 Å². The van der Waals surface area contributed by atoms with Gasteiger partial charge < -0.3 is 25.1 Å². The molecule has 0 spiro atoms. The first kappa shape index (κ1) is 21.0. The van der Waals surface area contributed by atoms with Crippen LogP contribution in [0.2, 0.25) is 0 Å². The summed E-state index contributed by atoms with van der Waals surface area (Å²) in [5, 5.41) is 20.1. The topological polar surface area (TPSA) is 102 Å². The predicted octanol–water partition coefficient (Wildman–Crippen LogP) is 4.20. The van der Waals surface area contributed by atoms with E-state index < -0.39 is 0 Å². The summed E-state index contributed by atoms with van der Waals surface area (Å²) in [6.45, 7) is 7.32. The third-order valence-corrected chi connectivity index (χ3v) is 4.61. The van der Waals surface area contributed by atoms with Gasteiger partial charge in [-0.15, -0.1) is 0 Å². The summed E-state index contributed by atoms with van der Waals surface area (Å²) in [4.78, 5) is 6.63. The fourth-order valence-corrected chi connectivity index (χ4v) is 3.11. The van der Waals surface area contributed by atoms with Gasteiger partial charge >= 0.3 is 0 Å². The van der Waals surface area contributed by atoms with Crippen LogP contribution in [-0.2, 0) is 0 Å². The van der Waals surface area contributed by atoms with E-state index in [0.717, 1.165) is 78.0 Å². The molecule has 1 aromatic carbocycles. The van der Waals surface area contributed by atoms with Gasteiger partial charge in [0.2, 0.25) is 0 Å². The molecule has 156 valence electrons. The molecule has 5 N–H and O–H groups in total. The minimum Gasteiger partial charge on any atom is -0.494 e. The highest BCUT2D eigenvalue weighted by Gasteiger charge is 2.11. The maximum absolute atomic E-state index is 8.34. The van der Waals surface area contributed by atoms with E-state index >= 15 is 0 Å². The first-order valence-corrected chi connectivity index (χ1v) is 10.4. The van der Waals surface area contributed by atoms with Crippen molar-refractivity contribution in [1.29, 1.82) is 0 Å². The molecule has 0 atom stereocenters. The Bertz CT molecular complexity index is 995. The van der Waals surface area contributed by atoms with Crippen LogP contribution in [0, 0.1) is 0 Å². The lowest BCUT2D eigenvalue weighted by Crippen LogP contribution is -2.13. The monoisotopic (exact) mass is 397 g/mol. The van der Waals surface area contributed by atoms with Crippen molar-refractivity contribution in [2.75, 3.05) is 26.3 Å². The second kappa shape index (κ2) is 10.7. The number of nitrogens with zero attached hydrogens (tertiary/aromatic N) is 1. The molecule has 4 rings (SSSR count). The van der Waals surface area contributed by atoms with Gasteiger partial charge in [-0.2, -0.15) is 5.10 Å². The molecule has 0 aliphatic rings. The molecular weight excluding hydrogens is 366 g/mol. The third kappa shape index (κ3) is 5.40. The van der Waals surface area contributed by atoms with E-state index in [1.54, 1.807) is 0 Å². The minimum absolute atomic E-state index is 0.325. The standard InChI is InChI=1S/C16H16N4O.C6H15NO/c1-2-7-21-11-4-3-10-8-14(18-13(10)9-11)16-15-12(19-20-16)5-6-17-15;1-2-7-5-3-4-6-8/h3-6,8-9,17-18H,2,7H2,1H3,(H,19,20);7-8H,2-6H2,1H3. The Hall–Kier alpha value is -2.77. The van der Waals surface area contributed by atoms with Crippen molar-refractivity contribution >= 4 is 21.9 Å². The number of nitrogens with one attached hydrogen (secondary N) is 4. The Labute approximate surface area is 170 Å². The zero-order valence-corrected chi connectivity index (χ0v) is 17.2. The summed E-state index contributed by atoms with van der Waals surface area (Å²) in [7, 11) is 0. The Morgan fingerprint density at radius 2 is 2.00 bits per heavy atom. The van der Waals surface area contributed by atoms with Crippen molar-refractivity contribution in [3.8, 4) is 17.1 Å². The smallest absolute Gasteiger partial charge is 0.132 e. The molecule has 3 heterocycles. The zero-order chi connectivity index (χ0) is 20.5. The first-order valence-electron chi connectivity index (χ1n) is 10.4. The number of fused-ring (bicyclic) bond motifs is 2. The third-order valence-electron chi connectivity index (χ3n) is 4.61. The van der Waals surface area contributed by atoms with Crippen LogP contribution in [0.1, 0.15) is 33.1 Å². The molecule has 0 saturated carbocycles. The van der Waals surface area contributed by atoms with Gasteiger partial charge in [-0.3, -0.25) is 5.10 Å². The number of aliphatic hydroxyl groups excluding tert-OH is 1. The van der Waals surface area contributed by atoms with Crippen molar-refractivity contribution in [3.63, 3.8) is 0 Å². The maximum atomic E-state index is 8.34. The molecule has 29 heavy (non-hydrogen) atoms. The lowest BCUT2D eigenvalue weighted by Gasteiger charge is -2.03. The molecule has 0 aliphatic heterocycles. The van der Waals surface area contributed by atoms with Crippen LogP contribution in [0.25, 0.3) is 33.3 Å². The molecule has 0 fully saturated rings. The van der Waals surface area contributed by atoms with E-state index in [2.05, 4.69) is 51.5 Å². The van der Waals surface area contributed by atoms with Gasteiger partial charge in [0.05, 0.1) is 23.3 Å². The first-order chi connectivity index (χ1) is 14.3. The highest BCUT2D eigenvalue weighted by Crippen LogP contribution is 2.29. The number of ether oxygens (including phenoxy) is 1. The van der Waals surface area contributed by atoms with Gasteiger partial charge in [0.15, 0.2) is 0 Å². The molecule has 7 heteroatoms. The van der Waals surface area contributed by atoms with Crippen LogP contribution in [0.4, 0.5) is 0 Å². The van der Waals surface area contributed by atoms with E-state index in [-0.39, 0.29) is 0 Å². The number of H-pyrrole nitrogens is 3. The zero-order valence-electron chi connectivity index (χ0n) is 17.2. The van der Waals surface area contributed by atoms with E-state index in [0.29, 0.717) is 6.61 Å².